The van der Waals surface area contributed by atoms with Crippen LogP contribution in [0.15, 0.2) is 11.0 Å². The van der Waals surface area contributed by atoms with E-state index >= 15 is 0 Å². The third-order valence-electron chi connectivity index (χ3n) is 2.57. The number of hydrogen-bond acceptors (Lipinski definition) is 3. The van der Waals surface area contributed by atoms with Gasteiger partial charge in [0.25, 0.3) is 0 Å². The van der Waals surface area contributed by atoms with Gasteiger partial charge in [0.2, 0.25) is 0 Å². The highest BCUT2D eigenvalue weighted by Gasteiger charge is 2.49. The molecule has 0 saturated carbocycles. The van der Waals surface area contributed by atoms with Crippen LogP contribution in [0.4, 0.5) is 13.2 Å². The third kappa shape index (κ3) is 3.24. The summed E-state index contributed by atoms with van der Waals surface area (Å²) in [6.07, 6.45) is 1.57. The fourth-order valence-corrected chi connectivity index (χ4v) is 4.34. The third-order valence-corrected chi connectivity index (χ3v) is 5.89. The van der Waals surface area contributed by atoms with Crippen LogP contribution < -0.4 is 0 Å². The molecule has 0 aliphatic heterocycles. The van der Waals surface area contributed by atoms with Crippen LogP contribution in [0.2, 0.25) is 19.6 Å². The first-order valence-corrected chi connectivity index (χ1v) is 10.1. The smallest absolute Gasteiger partial charge is 0.381 e. The molecule has 0 atom stereocenters. The summed E-state index contributed by atoms with van der Waals surface area (Å²) in [5, 5.41) is 0.783. The van der Waals surface area contributed by atoms with Crippen molar-refractivity contribution in [3.05, 3.63) is 11.0 Å². The second kappa shape index (κ2) is 4.31. The Morgan fingerprint density at radius 1 is 1.18 bits per heavy atom. The molecule has 0 spiro atoms. The molecule has 3 nitrogen and oxygen atoms in total. The molecule has 100 valence electrons. The highest BCUT2D eigenvalue weighted by atomic mass is 32.2. The topological polar surface area (TPSA) is 43.4 Å². The van der Waals surface area contributed by atoms with Crippen LogP contribution >= 0.6 is 0 Å². The lowest BCUT2D eigenvalue weighted by molar-refractivity contribution is -0.0523. The van der Waals surface area contributed by atoms with Gasteiger partial charge >= 0.3 is 15.6 Å². The van der Waals surface area contributed by atoms with Gasteiger partial charge in [-0.25, -0.2) is 0 Å². The monoisotopic (exact) mass is 288 g/mol. The molecule has 1 aliphatic rings. The van der Waals surface area contributed by atoms with Crippen LogP contribution in [-0.4, -0.2) is 22.0 Å². The summed E-state index contributed by atoms with van der Waals surface area (Å²) in [6, 6.07) is 0. The maximum absolute atomic E-state index is 12.2. The molecule has 0 saturated heterocycles. The Kier molecular flexibility index (Phi) is 3.69. The molecule has 0 aromatic heterocycles. The molecule has 0 heterocycles. The molecule has 0 N–H and O–H groups in total. The van der Waals surface area contributed by atoms with E-state index in [-0.39, 0.29) is 12.2 Å². The normalized spacial score (nSPS) is 18.7. The summed E-state index contributed by atoms with van der Waals surface area (Å²) < 4.78 is 62.7. The van der Waals surface area contributed by atoms with Crippen molar-refractivity contribution in [2.45, 2.75) is 44.4 Å². The number of halogens is 3. The van der Waals surface area contributed by atoms with Crippen LogP contribution in [0.25, 0.3) is 0 Å². The first-order chi connectivity index (χ1) is 7.45. The molecule has 0 bridgehead atoms. The first-order valence-electron chi connectivity index (χ1n) is 5.18. The number of rotatable bonds is 3. The van der Waals surface area contributed by atoms with E-state index in [0.717, 1.165) is 5.20 Å². The molecule has 0 fully saturated rings. The van der Waals surface area contributed by atoms with Crippen molar-refractivity contribution in [3.63, 3.8) is 0 Å². The van der Waals surface area contributed by atoms with E-state index in [4.69, 9.17) is 0 Å². The molecule has 17 heavy (non-hydrogen) atoms. The van der Waals surface area contributed by atoms with Gasteiger partial charge in [-0.1, -0.05) is 19.6 Å². The lowest BCUT2D eigenvalue weighted by Gasteiger charge is -2.20. The Morgan fingerprint density at radius 2 is 1.71 bits per heavy atom. The fourth-order valence-electron chi connectivity index (χ4n) is 1.78. The molecule has 0 aromatic rings. The maximum atomic E-state index is 12.2. The molecule has 0 amide bonds. The Morgan fingerprint density at radius 3 is 2.12 bits per heavy atom. The highest BCUT2D eigenvalue weighted by Crippen LogP contribution is 2.37. The highest BCUT2D eigenvalue weighted by molar-refractivity contribution is 7.87. The Bertz CT molecular complexity index is 431. The van der Waals surface area contributed by atoms with Gasteiger partial charge < -0.3 is 4.18 Å². The summed E-state index contributed by atoms with van der Waals surface area (Å²) in [7, 11) is -7.33. The maximum Gasteiger partial charge on any atom is 0.534 e. The van der Waals surface area contributed by atoms with E-state index < -0.39 is 23.7 Å². The summed E-state index contributed by atoms with van der Waals surface area (Å²) in [5.41, 5.74) is -5.35. The van der Waals surface area contributed by atoms with E-state index in [9.17, 15) is 21.6 Å². The van der Waals surface area contributed by atoms with Crippen LogP contribution in [0.3, 0.4) is 0 Å². The zero-order valence-corrected chi connectivity index (χ0v) is 11.7. The lowest BCUT2D eigenvalue weighted by Crippen LogP contribution is -2.28. The summed E-state index contributed by atoms with van der Waals surface area (Å²) in [6.45, 7) is 5.87. The minimum Gasteiger partial charge on any atom is -0.381 e. The molecule has 0 radical (unpaired) electrons. The molecule has 1 aliphatic carbocycles. The molecule has 0 unspecified atom stereocenters. The largest absolute Gasteiger partial charge is 0.534 e. The Balaban J connectivity index is 3.04. The average molecular weight is 288 g/mol. The predicted octanol–water partition coefficient (Wildman–Crippen LogP) is 3.17. The minimum absolute atomic E-state index is 0.0153. The van der Waals surface area contributed by atoms with Crippen molar-refractivity contribution >= 4 is 18.2 Å². The van der Waals surface area contributed by atoms with Gasteiger partial charge in [0.05, 0.1) is 8.07 Å². The van der Waals surface area contributed by atoms with Crippen molar-refractivity contribution in [1.82, 2.24) is 0 Å². The minimum atomic E-state index is -5.51. The van der Waals surface area contributed by atoms with Gasteiger partial charge in [-0.05, 0) is 18.0 Å². The fraction of sp³-hybridized carbons (Fsp3) is 0.778. The Labute approximate surface area is 99.8 Å². The zero-order chi connectivity index (χ0) is 13.5. The number of allylic oxidation sites excluding steroid dienone is 2. The average Bonchev–Trinajstić information content (AvgIpc) is 2.47. The number of alkyl halides is 3. The van der Waals surface area contributed by atoms with Gasteiger partial charge in [0.15, 0.2) is 0 Å². The van der Waals surface area contributed by atoms with E-state index in [2.05, 4.69) is 4.18 Å². The Hall–Kier alpha value is -0.503. The molecule has 8 heteroatoms. The summed E-state index contributed by atoms with van der Waals surface area (Å²) in [4.78, 5) is 0. The molecular formula is C9H15F3O3SSi. The second-order valence-corrected chi connectivity index (χ2v) is 11.6. The van der Waals surface area contributed by atoms with Gasteiger partial charge in [-0.3, -0.25) is 0 Å². The first kappa shape index (κ1) is 14.6. The van der Waals surface area contributed by atoms with Gasteiger partial charge in [0, 0.05) is 6.42 Å². The summed E-state index contributed by atoms with van der Waals surface area (Å²) in [5.74, 6) is 0.0153. The van der Waals surface area contributed by atoms with Crippen molar-refractivity contribution in [2.24, 2.45) is 0 Å². The van der Waals surface area contributed by atoms with Crippen molar-refractivity contribution in [2.75, 3.05) is 0 Å². The van der Waals surface area contributed by atoms with Gasteiger partial charge in [-0.15, -0.1) is 0 Å². The van der Waals surface area contributed by atoms with Crippen LogP contribution in [0.5, 0.6) is 0 Å². The molecule has 1 rings (SSSR count). The molecular weight excluding hydrogens is 273 g/mol. The van der Waals surface area contributed by atoms with E-state index in [1.165, 1.54) is 0 Å². The number of hydrogen-bond donors (Lipinski definition) is 0. The van der Waals surface area contributed by atoms with Gasteiger partial charge in [-0.2, -0.15) is 21.6 Å². The SMILES string of the molecule is C[Si](C)(C)C1=C(OS(=O)(=O)C(F)(F)F)CCC1. The van der Waals surface area contributed by atoms with Crippen LogP contribution in [-0.2, 0) is 14.3 Å². The predicted molar refractivity (Wildman–Crippen MR) is 60.3 cm³/mol. The van der Waals surface area contributed by atoms with Crippen molar-refractivity contribution in [1.29, 1.82) is 0 Å². The van der Waals surface area contributed by atoms with E-state index in [1.54, 1.807) is 0 Å². The zero-order valence-electron chi connectivity index (χ0n) is 9.89. The van der Waals surface area contributed by atoms with Crippen LogP contribution in [0.1, 0.15) is 19.3 Å². The lowest BCUT2D eigenvalue weighted by atomic mass is 10.4. The van der Waals surface area contributed by atoms with E-state index in [1.807, 2.05) is 19.6 Å². The quantitative estimate of drug-likeness (QED) is 0.455. The van der Waals surface area contributed by atoms with Crippen molar-refractivity contribution in [3.8, 4) is 0 Å². The standard InChI is InChI=1S/C9H15F3O3SSi/c1-17(2,3)8-6-4-5-7(8)15-16(13,14)9(10,11)12/h4-6H2,1-3H3. The van der Waals surface area contributed by atoms with Crippen molar-refractivity contribution < 1.29 is 25.8 Å². The van der Waals surface area contributed by atoms with E-state index in [0.29, 0.717) is 12.8 Å². The van der Waals surface area contributed by atoms with Gasteiger partial charge in [0.1, 0.15) is 5.76 Å². The van der Waals surface area contributed by atoms with Crippen LogP contribution in [0, 0.1) is 0 Å². The molecule has 0 aromatic carbocycles. The summed E-state index contributed by atoms with van der Waals surface area (Å²) >= 11 is 0. The second-order valence-electron chi connectivity index (χ2n) is 4.99.